The van der Waals surface area contributed by atoms with Crippen molar-refractivity contribution in [2.75, 3.05) is 6.54 Å². The van der Waals surface area contributed by atoms with Gasteiger partial charge in [0.15, 0.2) is 5.78 Å². The second kappa shape index (κ2) is 2.73. The van der Waals surface area contributed by atoms with Gasteiger partial charge in [-0.1, -0.05) is 12.1 Å². The highest BCUT2D eigenvalue weighted by molar-refractivity contribution is 6.01. The van der Waals surface area contributed by atoms with Crippen LogP contribution in [-0.2, 0) is 4.79 Å². The largest absolute Gasteiger partial charge is 0.294 e. The smallest absolute Gasteiger partial charge is 0.166 e. The minimum absolute atomic E-state index is 0.130. The van der Waals surface area contributed by atoms with Crippen LogP contribution >= 0.6 is 0 Å². The standard InChI is InChI=1S/C12H17N3O/c1-8-7-12(3)10-11(2,9(8)16)5-4-6-15(10)14-13-12/h7,10H,4-6H2,1-3H3/t10-,11-,12-/m0/s1. The fourth-order valence-corrected chi connectivity index (χ4v) is 3.75. The van der Waals surface area contributed by atoms with Gasteiger partial charge in [0.05, 0.1) is 11.5 Å². The molecule has 86 valence electrons. The van der Waals surface area contributed by atoms with Crippen LogP contribution in [0.15, 0.2) is 22.0 Å². The number of Topliss-reactive ketones (excluding diaryl/α,β-unsaturated/α-hetero) is 1. The van der Waals surface area contributed by atoms with Crippen molar-refractivity contribution in [3.05, 3.63) is 11.6 Å². The van der Waals surface area contributed by atoms with E-state index in [1.807, 2.05) is 18.0 Å². The molecule has 0 aromatic heterocycles. The highest BCUT2D eigenvalue weighted by atomic mass is 16.1. The zero-order valence-electron chi connectivity index (χ0n) is 10.0. The first-order chi connectivity index (χ1) is 7.47. The molecular weight excluding hydrogens is 202 g/mol. The summed E-state index contributed by atoms with van der Waals surface area (Å²) in [7, 11) is 0. The molecule has 0 unspecified atom stereocenters. The normalized spacial score (nSPS) is 45.7. The van der Waals surface area contributed by atoms with Gasteiger partial charge in [0.1, 0.15) is 5.54 Å². The zero-order chi connectivity index (χ0) is 11.6. The van der Waals surface area contributed by atoms with Gasteiger partial charge in [-0.25, -0.2) is 0 Å². The Kier molecular flexibility index (Phi) is 1.71. The van der Waals surface area contributed by atoms with Crippen LogP contribution in [0.1, 0.15) is 33.6 Å². The molecule has 3 atom stereocenters. The van der Waals surface area contributed by atoms with E-state index in [9.17, 15) is 4.79 Å². The van der Waals surface area contributed by atoms with Crippen LogP contribution in [0.2, 0.25) is 0 Å². The Morgan fingerprint density at radius 3 is 3.00 bits per heavy atom. The first-order valence-corrected chi connectivity index (χ1v) is 5.91. The van der Waals surface area contributed by atoms with Crippen LogP contribution in [0.5, 0.6) is 0 Å². The van der Waals surface area contributed by atoms with Crippen LogP contribution in [0, 0.1) is 5.41 Å². The Balaban J connectivity index is 2.19. The van der Waals surface area contributed by atoms with E-state index in [1.165, 1.54) is 0 Å². The predicted octanol–water partition coefficient (Wildman–Crippen LogP) is 2.13. The van der Waals surface area contributed by atoms with Crippen molar-refractivity contribution in [1.82, 2.24) is 5.01 Å². The number of hydrogen-bond acceptors (Lipinski definition) is 4. The molecule has 1 saturated heterocycles. The number of carbonyl (C=O) groups is 1. The van der Waals surface area contributed by atoms with Gasteiger partial charge >= 0.3 is 0 Å². The summed E-state index contributed by atoms with van der Waals surface area (Å²) in [5.74, 6) is 0.284. The van der Waals surface area contributed by atoms with E-state index in [4.69, 9.17) is 0 Å². The van der Waals surface area contributed by atoms with Gasteiger partial charge in [-0.3, -0.25) is 9.80 Å². The number of rotatable bonds is 0. The molecule has 3 rings (SSSR count). The Morgan fingerprint density at radius 2 is 2.25 bits per heavy atom. The SMILES string of the molecule is CC1=C[C@]2(C)N=NN3CCC[C@@](C)(C1=O)[C@H]32. The molecule has 1 fully saturated rings. The van der Waals surface area contributed by atoms with E-state index in [0.717, 1.165) is 25.0 Å². The number of nitrogens with zero attached hydrogens (tertiary/aromatic N) is 3. The first kappa shape index (κ1) is 10.00. The van der Waals surface area contributed by atoms with Crippen molar-refractivity contribution < 1.29 is 4.79 Å². The molecule has 3 aliphatic rings. The van der Waals surface area contributed by atoms with Crippen LogP contribution < -0.4 is 0 Å². The van der Waals surface area contributed by atoms with Gasteiger partial charge in [0, 0.05) is 6.54 Å². The van der Waals surface area contributed by atoms with Crippen LogP contribution in [0.4, 0.5) is 0 Å². The maximum Gasteiger partial charge on any atom is 0.166 e. The Bertz CT molecular complexity index is 428. The summed E-state index contributed by atoms with van der Waals surface area (Å²) in [6.07, 6.45) is 3.98. The van der Waals surface area contributed by atoms with Gasteiger partial charge in [-0.15, -0.1) is 0 Å². The van der Waals surface area contributed by atoms with Crippen LogP contribution in [0.3, 0.4) is 0 Å². The van der Waals surface area contributed by atoms with Gasteiger partial charge in [-0.05, 0) is 38.3 Å². The lowest BCUT2D eigenvalue weighted by molar-refractivity contribution is -0.132. The summed E-state index contributed by atoms with van der Waals surface area (Å²) in [4.78, 5) is 12.4. The summed E-state index contributed by atoms with van der Waals surface area (Å²) in [5.41, 5.74) is 0.256. The molecule has 2 heterocycles. The molecule has 0 spiro atoms. The topological polar surface area (TPSA) is 45.0 Å². The minimum Gasteiger partial charge on any atom is -0.294 e. The number of carbonyl (C=O) groups excluding carboxylic acids is 1. The molecular formula is C12H17N3O. The van der Waals surface area contributed by atoms with Crippen molar-refractivity contribution >= 4 is 5.78 Å². The predicted molar refractivity (Wildman–Crippen MR) is 59.9 cm³/mol. The lowest BCUT2D eigenvalue weighted by Gasteiger charge is -2.49. The average Bonchev–Trinajstić information content (AvgIpc) is 2.55. The van der Waals surface area contributed by atoms with E-state index in [0.29, 0.717) is 0 Å². The molecule has 2 aliphatic heterocycles. The van der Waals surface area contributed by atoms with Crippen molar-refractivity contribution in [2.45, 2.75) is 45.2 Å². The van der Waals surface area contributed by atoms with Crippen LogP contribution in [0.25, 0.3) is 0 Å². The highest BCUT2D eigenvalue weighted by Gasteiger charge is 2.59. The maximum atomic E-state index is 12.4. The van der Waals surface area contributed by atoms with E-state index in [-0.39, 0.29) is 22.8 Å². The fourth-order valence-electron chi connectivity index (χ4n) is 3.75. The summed E-state index contributed by atoms with van der Waals surface area (Å²) in [6, 6.07) is 0.130. The summed E-state index contributed by atoms with van der Waals surface area (Å²) in [5, 5.41) is 10.7. The molecule has 4 heteroatoms. The van der Waals surface area contributed by atoms with E-state index in [1.54, 1.807) is 0 Å². The highest BCUT2D eigenvalue weighted by Crippen LogP contribution is 2.51. The molecule has 4 nitrogen and oxygen atoms in total. The molecule has 0 aromatic rings. The third-order valence-electron chi connectivity index (χ3n) is 4.30. The third-order valence-corrected chi connectivity index (χ3v) is 4.30. The number of allylic oxidation sites excluding steroid dienone is 1. The molecule has 0 N–H and O–H groups in total. The lowest BCUT2D eigenvalue weighted by atomic mass is 9.61. The second-order valence-corrected chi connectivity index (χ2v) is 5.66. The van der Waals surface area contributed by atoms with Crippen molar-refractivity contribution in [1.29, 1.82) is 0 Å². The molecule has 0 bridgehead atoms. The van der Waals surface area contributed by atoms with Gasteiger partial charge in [-0.2, -0.15) is 5.11 Å². The molecule has 16 heavy (non-hydrogen) atoms. The minimum atomic E-state index is -0.298. The number of piperidine rings is 1. The van der Waals surface area contributed by atoms with Gasteiger partial charge < -0.3 is 0 Å². The Labute approximate surface area is 95.4 Å². The first-order valence-electron chi connectivity index (χ1n) is 5.91. The van der Waals surface area contributed by atoms with Crippen molar-refractivity contribution in [3.8, 4) is 0 Å². The monoisotopic (exact) mass is 219 g/mol. The van der Waals surface area contributed by atoms with Crippen LogP contribution in [-0.4, -0.2) is 28.9 Å². The molecule has 0 aromatic carbocycles. The third kappa shape index (κ3) is 0.975. The maximum absolute atomic E-state index is 12.4. The van der Waals surface area contributed by atoms with E-state index in [2.05, 4.69) is 24.2 Å². The van der Waals surface area contributed by atoms with Gasteiger partial charge in [0.25, 0.3) is 0 Å². The fraction of sp³-hybridized carbons (Fsp3) is 0.750. The zero-order valence-corrected chi connectivity index (χ0v) is 10.0. The second-order valence-electron chi connectivity index (χ2n) is 5.66. The van der Waals surface area contributed by atoms with Gasteiger partial charge in [0.2, 0.25) is 0 Å². The van der Waals surface area contributed by atoms with E-state index < -0.39 is 0 Å². The summed E-state index contributed by atoms with van der Waals surface area (Å²) in [6.45, 7) is 7.00. The number of hydrogen-bond donors (Lipinski definition) is 0. The molecule has 0 amide bonds. The Morgan fingerprint density at radius 1 is 1.50 bits per heavy atom. The molecule has 0 radical (unpaired) electrons. The molecule has 1 aliphatic carbocycles. The number of ketones is 1. The lowest BCUT2D eigenvalue weighted by Crippen LogP contribution is -2.61. The average molecular weight is 219 g/mol. The quantitative estimate of drug-likeness (QED) is 0.626. The summed E-state index contributed by atoms with van der Waals surface area (Å²) >= 11 is 0. The molecule has 0 saturated carbocycles. The summed E-state index contributed by atoms with van der Waals surface area (Å²) < 4.78 is 0. The van der Waals surface area contributed by atoms with Crippen molar-refractivity contribution in [3.63, 3.8) is 0 Å². The van der Waals surface area contributed by atoms with Crippen molar-refractivity contribution in [2.24, 2.45) is 15.8 Å². The van der Waals surface area contributed by atoms with E-state index >= 15 is 0 Å². The Hall–Kier alpha value is -1.19.